The molecule has 5 rings (SSSR count). The molecule has 5 fully saturated rings. The van der Waals surface area contributed by atoms with Gasteiger partial charge in [-0.1, -0.05) is 0 Å². The van der Waals surface area contributed by atoms with Crippen LogP contribution in [0.2, 0.25) is 0 Å². The highest BCUT2D eigenvalue weighted by molar-refractivity contribution is 5.90. The minimum absolute atomic E-state index is 0.187. The van der Waals surface area contributed by atoms with E-state index >= 15 is 0 Å². The Kier molecular flexibility index (Phi) is 4.93. The summed E-state index contributed by atoms with van der Waals surface area (Å²) < 4.78 is 5.40. The van der Waals surface area contributed by atoms with Crippen molar-refractivity contribution in [2.24, 2.45) is 23.2 Å². The molecule has 4 bridgehead atoms. The number of carbonyl (C=O) groups excluding carboxylic acids is 3. The maximum atomic E-state index is 13.6. The van der Waals surface area contributed by atoms with Crippen LogP contribution in [0.1, 0.15) is 65.2 Å². The zero-order valence-corrected chi connectivity index (χ0v) is 16.5. The number of hydrogen-bond acceptors (Lipinski definition) is 4. The number of nitrogens with zero attached hydrogens (tertiary/aromatic N) is 1. The fraction of sp³-hybridized carbons (Fsp3) is 0.857. The van der Waals surface area contributed by atoms with E-state index in [0.717, 1.165) is 25.7 Å². The van der Waals surface area contributed by atoms with Crippen molar-refractivity contribution in [1.82, 2.24) is 10.2 Å². The fourth-order valence-corrected chi connectivity index (χ4v) is 6.56. The molecule has 0 aromatic heterocycles. The van der Waals surface area contributed by atoms with Crippen molar-refractivity contribution in [3.05, 3.63) is 0 Å². The fourth-order valence-electron chi connectivity index (χ4n) is 6.56. The lowest BCUT2D eigenvalue weighted by molar-refractivity contribution is -0.168. The standard InChI is InChI=1S/C21H32N2O4/c1-3-22-18(24)13(2)27-19(25)17-5-4-6-23(17)20(26)21-10-14-7-15(11-21)9-16(8-14)12-21/h13-17H,3-12H2,1-2H3,(H,22,24)/t13-,14?,15?,16?,17+,21?/m1/s1. The van der Waals surface area contributed by atoms with Gasteiger partial charge in [-0.15, -0.1) is 0 Å². The van der Waals surface area contributed by atoms with Gasteiger partial charge in [0.2, 0.25) is 5.91 Å². The molecule has 27 heavy (non-hydrogen) atoms. The molecular weight excluding hydrogens is 344 g/mol. The molecule has 0 aromatic carbocycles. The number of hydrogen-bond donors (Lipinski definition) is 1. The third-order valence-electron chi connectivity index (χ3n) is 7.29. The average molecular weight is 376 g/mol. The summed E-state index contributed by atoms with van der Waals surface area (Å²) in [6.45, 7) is 4.55. The van der Waals surface area contributed by atoms with E-state index in [-0.39, 0.29) is 17.2 Å². The van der Waals surface area contributed by atoms with Crippen LogP contribution in [0, 0.1) is 23.2 Å². The van der Waals surface area contributed by atoms with E-state index in [9.17, 15) is 14.4 Å². The predicted molar refractivity (Wildman–Crippen MR) is 99.6 cm³/mol. The van der Waals surface area contributed by atoms with E-state index < -0.39 is 18.1 Å². The second-order valence-electron chi connectivity index (χ2n) is 9.33. The molecule has 5 aliphatic rings. The third kappa shape index (κ3) is 3.36. The van der Waals surface area contributed by atoms with Gasteiger partial charge in [-0.3, -0.25) is 9.59 Å². The average Bonchev–Trinajstić information content (AvgIpc) is 3.09. The SMILES string of the molecule is CCNC(=O)[C@@H](C)OC(=O)[C@@H]1CCCN1C(=O)C12CC3CC(CC(C3)C1)C2. The molecule has 0 aromatic rings. The van der Waals surface area contributed by atoms with Gasteiger partial charge in [0.25, 0.3) is 5.91 Å². The normalized spacial score (nSPS) is 37.9. The first-order valence-corrected chi connectivity index (χ1v) is 10.7. The summed E-state index contributed by atoms with van der Waals surface area (Å²) in [4.78, 5) is 39.9. The second kappa shape index (κ2) is 7.10. The molecule has 0 spiro atoms. The lowest BCUT2D eigenvalue weighted by atomic mass is 9.49. The Morgan fingerprint density at radius 1 is 1.11 bits per heavy atom. The number of rotatable bonds is 5. The zero-order valence-electron chi connectivity index (χ0n) is 16.5. The molecule has 4 saturated carbocycles. The van der Waals surface area contributed by atoms with E-state index in [2.05, 4.69) is 5.32 Å². The van der Waals surface area contributed by atoms with E-state index in [0.29, 0.717) is 37.3 Å². The molecular formula is C21H32N2O4. The number of likely N-dealkylation sites (N-methyl/N-ethyl adjacent to an activating group) is 1. The van der Waals surface area contributed by atoms with Gasteiger partial charge < -0.3 is 15.0 Å². The number of amides is 2. The highest BCUT2D eigenvalue weighted by atomic mass is 16.5. The van der Waals surface area contributed by atoms with Crippen LogP contribution in [-0.2, 0) is 19.1 Å². The first kappa shape index (κ1) is 18.8. The number of carbonyl (C=O) groups is 3. The van der Waals surface area contributed by atoms with Gasteiger partial charge in [0.05, 0.1) is 5.41 Å². The molecule has 6 nitrogen and oxygen atoms in total. The molecule has 6 heteroatoms. The first-order valence-electron chi connectivity index (χ1n) is 10.7. The summed E-state index contributed by atoms with van der Waals surface area (Å²) in [7, 11) is 0. The Morgan fingerprint density at radius 2 is 1.70 bits per heavy atom. The van der Waals surface area contributed by atoms with Crippen molar-refractivity contribution < 1.29 is 19.1 Å². The number of esters is 1. The number of likely N-dealkylation sites (tertiary alicyclic amines) is 1. The van der Waals surface area contributed by atoms with Crippen molar-refractivity contribution in [3.8, 4) is 0 Å². The lowest BCUT2D eigenvalue weighted by Crippen LogP contribution is -2.56. The van der Waals surface area contributed by atoms with Gasteiger partial charge in [0.1, 0.15) is 6.04 Å². The van der Waals surface area contributed by atoms with Gasteiger partial charge in [-0.05, 0) is 83.0 Å². The van der Waals surface area contributed by atoms with Crippen LogP contribution in [0.3, 0.4) is 0 Å². The van der Waals surface area contributed by atoms with Gasteiger partial charge >= 0.3 is 5.97 Å². The smallest absolute Gasteiger partial charge is 0.329 e. The highest BCUT2D eigenvalue weighted by Gasteiger charge is 2.57. The third-order valence-corrected chi connectivity index (χ3v) is 7.29. The Morgan fingerprint density at radius 3 is 2.26 bits per heavy atom. The van der Waals surface area contributed by atoms with Crippen molar-refractivity contribution in [1.29, 1.82) is 0 Å². The van der Waals surface area contributed by atoms with Crippen LogP contribution >= 0.6 is 0 Å². The van der Waals surface area contributed by atoms with E-state index in [1.165, 1.54) is 19.3 Å². The number of ether oxygens (including phenoxy) is 1. The summed E-state index contributed by atoms with van der Waals surface area (Å²) in [6, 6.07) is -0.526. The van der Waals surface area contributed by atoms with E-state index in [1.807, 2.05) is 6.92 Å². The topological polar surface area (TPSA) is 75.7 Å². The molecule has 150 valence electrons. The Labute approximate surface area is 161 Å². The molecule has 1 N–H and O–H groups in total. The monoisotopic (exact) mass is 376 g/mol. The van der Waals surface area contributed by atoms with Crippen molar-refractivity contribution in [2.45, 2.75) is 77.4 Å². The lowest BCUT2D eigenvalue weighted by Gasteiger charge is -2.56. The molecule has 1 saturated heterocycles. The van der Waals surface area contributed by atoms with Crippen LogP contribution in [0.15, 0.2) is 0 Å². The van der Waals surface area contributed by atoms with Crippen molar-refractivity contribution in [2.75, 3.05) is 13.1 Å². The Balaban J connectivity index is 1.44. The first-order chi connectivity index (χ1) is 12.9. The Hall–Kier alpha value is -1.59. The molecule has 1 aliphatic heterocycles. The molecule has 0 radical (unpaired) electrons. The van der Waals surface area contributed by atoms with E-state index in [4.69, 9.17) is 4.74 Å². The Bertz CT molecular complexity index is 596. The van der Waals surface area contributed by atoms with Crippen LogP contribution in [-0.4, -0.2) is 47.9 Å². The highest BCUT2D eigenvalue weighted by Crippen LogP contribution is 2.60. The van der Waals surface area contributed by atoms with Crippen molar-refractivity contribution >= 4 is 17.8 Å². The zero-order chi connectivity index (χ0) is 19.2. The number of nitrogens with one attached hydrogen (secondary N) is 1. The van der Waals surface area contributed by atoms with Crippen LogP contribution in [0.25, 0.3) is 0 Å². The van der Waals surface area contributed by atoms with E-state index in [1.54, 1.807) is 11.8 Å². The molecule has 2 atom stereocenters. The van der Waals surface area contributed by atoms with Crippen LogP contribution in [0.4, 0.5) is 0 Å². The molecule has 1 heterocycles. The quantitative estimate of drug-likeness (QED) is 0.747. The summed E-state index contributed by atoms with van der Waals surface area (Å²) in [6.07, 6.45) is 7.54. The summed E-state index contributed by atoms with van der Waals surface area (Å²) in [5, 5.41) is 2.67. The van der Waals surface area contributed by atoms with Crippen LogP contribution in [0.5, 0.6) is 0 Å². The van der Waals surface area contributed by atoms with Gasteiger partial charge in [0, 0.05) is 13.1 Å². The summed E-state index contributed by atoms with van der Waals surface area (Å²) in [5.41, 5.74) is -0.233. The van der Waals surface area contributed by atoms with Gasteiger partial charge in [0.15, 0.2) is 6.10 Å². The molecule has 0 unspecified atom stereocenters. The second-order valence-corrected chi connectivity index (χ2v) is 9.33. The predicted octanol–water partition coefficient (Wildman–Crippen LogP) is 2.26. The summed E-state index contributed by atoms with van der Waals surface area (Å²) >= 11 is 0. The maximum Gasteiger partial charge on any atom is 0.329 e. The largest absolute Gasteiger partial charge is 0.451 e. The molecule has 2 amide bonds. The minimum Gasteiger partial charge on any atom is -0.451 e. The minimum atomic E-state index is -0.824. The van der Waals surface area contributed by atoms with Crippen molar-refractivity contribution in [3.63, 3.8) is 0 Å². The molecule has 4 aliphatic carbocycles. The maximum absolute atomic E-state index is 13.6. The van der Waals surface area contributed by atoms with Gasteiger partial charge in [-0.2, -0.15) is 0 Å². The summed E-state index contributed by atoms with van der Waals surface area (Å²) in [5.74, 6) is 1.57. The van der Waals surface area contributed by atoms with Gasteiger partial charge in [-0.25, -0.2) is 4.79 Å². The van der Waals surface area contributed by atoms with Crippen LogP contribution < -0.4 is 5.32 Å².